The van der Waals surface area contributed by atoms with Crippen molar-refractivity contribution in [2.24, 2.45) is 5.73 Å². The Bertz CT molecular complexity index is 630. The highest BCUT2D eigenvalue weighted by atomic mass is 16.5. The topological polar surface area (TPSA) is 84.7 Å². The summed E-state index contributed by atoms with van der Waals surface area (Å²) in [5.41, 5.74) is 7.56. The number of urea groups is 1. The molecule has 0 unspecified atom stereocenters. The third-order valence-electron chi connectivity index (χ3n) is 4.49. The normalized spacial score (nSPS) is 23.7. The Labute approximate surface area is 141 Å². The van der Waals surface area contributed by atoms with Gasteiger partial charge in [-0.15, -0.1) is 0 Å². The Morgan fingerprint density at radius 3 is 2.75 bits per heavy atom. The smallest absolute Gasteiger partial charge is 0.317 e. The fraction of sp³-hybridized carbons (Fsp3) is 0.444. The summed E-state index contributed by atoms with van der Waals surface area (Å²) < 4.78 is 5.53. The molecule has 1 aromatic rings. The van der Waals surface area contributed by atoms with E-state index in [-0.39, 0.29) is 12.1 Å². The van der Waals surface area contributed by atoms with Gasteiger partial charge in [0.25, 0.3) is 0 Å². The first-order valence-corrected chi connectivity index (χ1v) is 8.35. The summed E-state index contributed by atoms with van der Waals surface area (Å²) in [6, 6.07) is 10.0. The molecule has 0 aromatic heterocycles. The molecule has 24 heavy (non-hydrogen) atoms. The van der Waals surface area contributed by atoms with Crippen LogP contribution in [0.25, 0.3) is 5.57 Å². The van der Waals surface area contributed by atoms with E-state index in [1.165, 1.54) is 5.57 Å². The highest BCUT2D eigenvalue weighted by Gasteiger charge is 2.29. The van der Waals surface area contributed by atoms with Crippen molar-refractivity contribution in [2.45, 2.75) is 31.5 Å². The third kappa shape index (κ3) is 3.94. The van der Waals surface area contributed by atoms with Crippen LogP contribution in [-0.4, -0.2) is 48.7 Å². The maximum absolute atomic E-state index is 12.4. The van der Waals surface area contributed by atoms with Crippen LogP contribution in [0.1, 0.15) is 24.8 Å². The Morgan fingerprint density at radius 2 is 2.04 bits per heavy atom. The van der Waals surface area contributed by atoms with Gasteiger partial charge in [-0.3, -0.25) is 4.79 Å². The summed E-state index contributed by atoms with van der Waals surface area (Å²) >= 11 is 0. The molecule has 1 fully saturated rings. The molecule has 3 N–H and O–H groups in total. The van der Waals surface area contributed by atoms with E-state index in [4.69, 9.17) is 10.5 Å². The number of hydrogen-bond acceptors (Lipinski definition) is 3. The number of nitrogens with two attached hydrogens (primary N) is 1. The first kappa shape index (κ1) is 16.5. The summed E-state index contributed by atoms with van der Waals surface area (Å²) in [6.45, 7) is 1.71. The molecule has 128 valence electrons. The number of primary amides is 1. The number of nitrogens with zero attached hydrogens (tertiary/aromatic N) is 1. The van der Waals surface area contributed by atoms with Crippen LogP contribution in [0.5, 0.6) is 0 Å². The second kappa shape index (κ2) is 7.49. The van der Waals surface area contributed by atoms with Gasteiger partial charge in [0.2, 0.25) is 5.91 Å². The minimum atomic E-state index is -0.519. The van der Waals surface area contributed by atoms with Crippen molar-refractivity contribution in [1.29, 1.82) is 0 Å². The number of hydrogen-bond donors (Lipinski definition) is 2. The maximum Gasteiger partial charge on any atom is 0.317 e. The number of amides is 3. The van der Waals surface area contributed by atoms with Gasteiger partial charge in [-0.2, -0.15) is 0 Å². The number of nitrogens with one attached hydrogen (secondary N) is 1. The Morgan fingerprint density at radius 1 is 1.25 bits per heavy atom. The molecule has 6 nitrogen and oxygen atoms in total. The van der Waals surface area contributed by atoms with Gasteiger partial charge in [0.05, 0.1) is 6.10 Å². The lowest BCUT2D eigenvalue weighted by molar-refractivity contribution is -0.128. The first-order chi connectivity index (χ1) is 11.6. The summed E-state index contributed by atoms with van der Waals surface area (Å²) in [7, 11) is 0. The van der Waals surface area contributed by atoms with E-state index in [1.807, 2.05) is 23.1 Å². The average Bonchev–Trinajstić information content (AvgIpc) is 3.10. The van der Waals surface area contributed by atoms with Crippen molar-refractivity contribution >= 4 is 17.5 Å². The first-order valence-electron chi connectivity index (χ1n) is 8.35. The van der Waals surface area contributed by atoms with E-state index in [0.717, 1.165) is 18.4 Å². The van der Waals surface area contributed by atoms with Crippen LogP contribution < -0.4 is 11.1 Å². The summed E-state index contributed by atoms with van der Waals surface area (Å²) in [5, 5.41) is 2.91. The zero-order valence-electron chi connectivity index (χ0n) is 13.6. The lowest BCUT2D eigenvalue weighted by Gasteiger charge is -2.28. The van der Waals surface area contributed by atoms with Crippen LogP contribution in [0.4, 0.5) is 4.79 Å². The Kier molecular flexibility index (Phi) is 5.15. The highest BCUT2D eigenvalue weighted by molar-refractivity contribution is 5.79. The second-order valence-corrected chi connectivity index (χ2v) is 6.22. The summed E-state index contributed by atoms with van der Waals surface area (Å²) in [5.74, 6) is -0.433. The SMILES string of the molecule is NC(=O)[C@H]1CC[C@H](CNC(=O)N2CCC=C(c3ccccc3)C2)O1. The zero-order valence-corrected chi connectivity index (χ0v) is 13.6. The molecule has 2 atom stereocenters. The summed E-state index contributed by atoms with van der Waals surface area (Å²) in [4.78, 5) is 25.3. The minimum absolute atomic E-state index is 0.0948. The molecule has 1 saturated heterocycles. The summed E-state index contributed by atoms with van der Waals surface area (Å²) in [6.07, 6.45) is 3.75. The van der Waals surface area contributed by atoms with Gasteiger partial charge in [-0.1, -0.05) is 36.4 Å². The lowest BCUT2D eigenvalue weighted by atomic mass is 10.0. The van der Waals surface area contributed by atoms with Crippen LogP contribution in [0.15, 0.2) is 36.4 Å². The van der Waals surface area contributed by atoms with Crippen molar-refractivity contribution in [2.75, 3.05) is 19.6 Å². The Hall–Kier alpha value is -2.34. The van der Waals surface area contributed by atoms with E-state index in [1.54, 1.807) is 0 Å². The predicted molar refractivity (Wildman–Crippen MR) is 91.1 cm³/mol. The van der Waals surface area contributed by atoms with Gasteiger partial charge in [-0.25, -0.2) is 4.79 Å². The van der Waals surface area contributed by atoms with Crippen LogP contribution >= 0.6 is 0 Å². The molecule has 3 amide bonds. The van der Waals surface area contributed by atoms with Crippen molar-refractivity contribution in [3.8, 4) is 0 Å². The number of carbonyl (C=O) groups excluding carboxylic acids is 2. The number of carbonyl (C=O) groups is 2. The van der Waals surface area contributed by atoms with E-state index in [0.29, 0.717) is 26.1 Å². The molecule has 0 aliphatic carbocycles. The molecular weight excluding hydrogens is 306 g/mol. The van der Waals surface area contributed by atoms with Crippen molar-refractivity contribution in [3.05, 3.63) is 42.0 Å². The van der Waals surface area contributed by atoms with Gasteiger partial charge in [0, 0.05) is 19.6 Å². The third-order valence-corrected chi connectivity index (χ3v) is 4.49. The largest absolute Gasteiger partial charge is 0.367 e. The van der Waals surface area contributed by atoms with Crippen molar-refractivity contribution < 1.29 is 14.3 Å². The van der Waals surface area contributed by atoms with Crippen molar-refractivity contribution in [3.63, 3.8) is 0 Å². The van der Waals surface area contributed by atoms with E-state index >= 15 is 0 Å². The van der Waals surface area contributed by atoms with Gasteiger partial charge in [0.1, 0.15) is 6.10 Å². The standard InChI is InChI=1S/C18H23N3O3/c19-17(22)16-9-8-15(24-16)11-20-18(23)21-10-4-7-14(12-21)13-5-2-1-3-6-13/h1-3,5-7,15-16H,4,8-12H2,(H2,19,22)(H,20,23)/t15-,16-/m1/s1. The average molecular weight is 329 g/mol. The van der Waals surface area contributed by atoms with Gasteiger partial charge >= 0.3 is 6.03 Å². The maximum atomic E-state index is 12.4. The molecule has 2 aliphatic heterocycles. The molecule has 0 saturated carbocycles. The van der Waals surface area contributed by atoms with E-state index < -0.39 is 12.0 Å². The van der Waals surface area contributed by atoms with Crippen LogP contribution in [0.3, 0.4) is 0 Å². The molecule has 0 bridgehead atoms. The van der Waals surface area contributed by atoms with E-state index in [9.17, 15) is 9.59 Å². The molecular formula is C18H23N3O3. The molecule has 2 aliphatic rings. The molecule has 0 spiro atoms. The second-order valence-electron chi connectivity index (χ2n) is 6.22. The minimum Gasteiger partial charge on any atom is -0.367 e. The number of rotatable bonds is 4. The molecule has 3 rings (SSSR count). The molecule has 0 radical (unpaired) electrons. The highest BCUT2D eigenvalue weighted by Crippen LogP contribution is 2.21. The van der Waals surface area contributed by atoms with Crippen molar-refractivity contribution in [1.82, 2.24) is 10.2 Å². The number of ether oxygens (including phenoxy) is 1. The van der Waals surface area contributed by atoms with Gasteiger partial charge < -0.3 is 20.7 Å². The van der Waals surface area contributed by atoms with Crippen LogP contribution in [-0.2, 0) is 9.53 Å². The lowest BCUT2D eigenvalue weighted by Crippen LogP contribution is -2.45. The van der Waals surface area contributed by atoms with Gasteiger partial charge in [-0.05, 0) is 30.4 Å². The molecule has 2 heterocycles. The van der Waals surface area contributed by atoms with Crippen LogP contribution in [0, 0.1) is 0 Å². The van der Waals surface area contributed by atoms with Gasteiger partial charge in [0.15, 0.2) is 0 Å². The Balaban J connectivity index is 1.49. The number of benzene rings is 1. The quantitative estimate of drug-likeness (QED) is 0.878. The fourth-order valence-corrected chi connectivity index (χ4v) is 3.16. The molecule has 1 aromatic carbocycles. The zero-order chi connectivity index (χ0) is 16.9. The monoisotopic (exact) mass is 329 g/mol. The predicted octanol–water partition coefficient (Wildman–Crippen LogP) is 1.52. The molecule has 6 heteroatoms. The van der Waals surface area contributed by atoms with E-state index in [2.05, 4.69) is 23.5 Å². The fourth-order valence-electron chi connectivity index (χ4n) is 3.16. The van der Waals surface area contributed by atoms with Crippen LogP contribution in [0.2, 0.25) is 0 Å².